The van der Waals surface area contributed by atoms with E-state index in [1.54, 1.807) is 12.1 Å². The van der Waals surface area contributed by atoms with Crippen molar-refractivity contribution in [1.82, 2.24) is 9.97 Å². The Hall–Kier alpha value is -2.86. The molecule has 0 unspecified atom stereocenters. The minimum atomic E-state index is -0.464. The maximum absolute atomic E-state index is 13.3. The zero-order chi connectivity index (χ0) is 18.5. The summed E-state index contributed by atoms with van der Waals surface area (Å²) in [7, 11) is 0. The van der Waals surface area contributed by atoms with Gasteiger partial charge in [0.15, 0.2) is 0 Å². The molecule has 1 heterocycles. The van der Waals surface area contributed by atoms with E-state index in [9.17, 15) is 4.39 Å². The van der Waals surface area contributed by atoms with Gasteiger partial charge in [0.1, 0.15) is 17.4 Å². The molecule has 0 saturated carbocycles. The summed E-state index contributed by atoms with van der Waals surface area (Å²) in [4.78, 5) is 8.82. The molecule has 0 saturated heterocycles. The van der Waals surface area contributed by atoms with Crippen molar-refractivity contribution in [1.29, 1.82) is 0 Å². The summed E-state index contributed by atoms with van der Waals surface area (Å²) in [6.45, 7) is 4.43. The summed E-state index contributed by atoms with van der Waals surface area (Å²) >= 11 is 5.81. The maximum Gasteiger partial charge on any atom is 0.229 e. The van der Waals surface area contributed by atoms with Crippen LogP contribution in [0.5, 0.6) is 5.75 Å². The predicted molar refractivity (Wildman–Crippen MR) is 102 cm³/mol. The molecule has 0 atom stereocenters. The highest BCUT2D eigenvalue weighted by atomic mass is 35.5. The van der Waals surface area contributed by atoms with Crippen LogP contribution in [-0.2, 0) is 0 Å². The van der Waals surface area contributed by atoms with E-state index in [1.165, 1.54) is 12.1 Å². The quantitative estimate of drug-likeness (QED) is 0.601. The van der Waals surface area contributed by atoms with Crippen LogP contribution in [-0.4, -0.2) is 16.6 Å². The van der Waals surface area contributed by atoms with Gasteiger partial charge in [-0.15, -0.1) is 0 Å². The summed E-state index contributed by atoms with van der Waals surface area (Å²) < 4.78 is 18.7. The molecule has 26 heavy (non-hydrogen) atoms. The molecule has 0 aliphatic carbocycles. The molecule has 0 bridgehead atoms. The lowest BCUT2D eigenvalue weighted by Gasteiger charge is -2.11. The fourth-order valence-electron chi connectivity index (χ4n) is 2.34. The van der Waals surface area contributed by atoms with Crippen molar-refractivity contribution in [3.63, 3.8) is 0 Å². The first-order chi connectivity index (χ1) is 12.5. The summed E-state index contributed by atoms with van der Waals surface area (Å²) in [5.74, 6) is 1.37. The SMILES string of the molecule is CCOc1ccc(Nc2nc(C)cc(Nc3ccc(F)c(Cl)c3)n2)cc1. The minimum absolute atomic E-state index is 0.0496. The molecule has 134 valence electrons. The lowest BCUT2D eigenvalue weighted by atomic mass is 10.3. The van der Waals surface area contributed by atoms with Gasteiger partial charge < -0.3 is 15.4 Å². The van der Waals surface area contributed by atoms with Gasteiger partial charge in [-0.1, -0.05) is 11.6 Å². The van der Waals surface area contributed by atoms with Gasteiger partial charge in [-0.05, 0) is 56.3 Å². The Morgan fingerprint density at radius 2 is 1.73 bits per heavy atom. The van der Waals surface area contributed by atoms with Crippen molar-refractivity contribution in [2.75, 3.05) is 17.2 Å². The summed E-state index contributed by atoms with van der Waals surface area (Å²) in [6, 6.07) is 13.7. The van der Waals surface area contributed by atoms with Crippen LogP contribution >= 0.6 is 11.6 Å². The number of hydrogen-bond donors (Lipinski definition) is 2. The largest absolute Gasteiger partial charge is 0.494 e. The molecule has 0 fully saturated rings. The number of aryl methyl sites for hydroxylation is 1. The van der Waals surface area contributed by atoms with Gasteiger partial charge in [0, 0.05) is 23.1 Å². The number of halogens is 2. The molecule has 7 heteroatoms. The van der Waals surface area contributed by atoms with Crippen molar-refractivity contribution in [3.8, 4) is 5.75 Å². The zero-order valence-electron chi connectivity index (χ0n) is 14.4. The van der Waals surface area contributed by atoms with E-state index in [1.807, 2.05) is 38.1 Å². The van der Waals surface area contributed by atoms with E-state index in [4.69, 9.17) is 16.3 Å². The Kier molecular flexibility index (Phi) is 5.53. The van der Waals surface area contributed by atoms with Crippen LogP contribution in [0, 0.1) is 12.7 Å². The van der Waals surface area contributed by atoms with Gasteiger partial charge in [-0.2, -0.15) is 4.98 Å². The van der Waals surface area contributed by atoms with Crippen LogP contribution in [0.4, 0.5) is 27.5 Å². The number of anilines is 4. The molecule has 1 aromatic heterocycles. The molecule has 0 aliphatic rings. The summed E-state index contributed by atoms with van der Waals surface area (Å²) in [5.41, 5.74) is 2.26. The van der Waals surface area contributed by atoms with E-state index in [0.29, 0.717) is 24.1 Å². The molecule has 0 aliphatic heterocycles. The standard InChI is InChI=1S/C19H18ClFN4O/c1-3-26-15-7-4-13(5-8-15)24-19-22-12(2)10-18(25-19)23-14-6-9-17(21)16(20)11-14/h4-11H,3H2,1-2H3,(H2,22,23,24,25). The zero-order valence-corrected chi connectivity index (χ0v) is 15.1. The van der Waals surface area contributed by atoms with Crippen LogP contribution < -0.4 is 15.4 Å². The third kappa shape index (κ3) is 4.61. The van der Waals surface area contributed by atoms with Crippen molar-refractivity contribution >= 4 is 34.7 Å². The molecule has 3 rings (SSSR count). The van der Waals surface area contributed by atoms with Gasteiger partial charge >= 0.3 is 0 Å². The normalized spacial score (nSPS) is 10.5. The number of benzene rings is 2. The molecule has 5 nitrogen and oxygen atoms in total. The average molecular weight is 373 g/mol. The summed E-state index contributed by atoms with van der Waals surface area (Å²) in [6.07, 6.45) is 0. The molecule has 0 radical (unpaired) electrons. The first kappa shape index (κ1) is 17.9. The third-order valence-corrected chi connectivity index (χ3v) is 3.76. The van der Waals surface area contributed by atoms with Gasteiger partial charge in [0.2, 0.25) is 5.95 Å². The van der Waals surface area contributed by atoms with Crippen LogP contribution in [0.3, 0.4) is 0 Å². The van der Waals surface area contributed by atoms with E-state index in [2.05, 4.69) is 20.6 Å². The van der Waals surface area contributed by atoms with Gasteiger partial charge in [-0.3, -0.25) is 0 Å². The Morgan fingerprint density at radius 1 is 1.00 bits per heavy atom. The highest BCUT2D eigenvalue weighted by Gasteiger charge is 2.06. The maximum atomic E-state index is 13.3. The summed E-state index contributed by atoms with van der Waals surface area (Å²) in [5, 5.41) is 6.31. The minimum Gasteiger partial charge on any atom is -0.494 e. The number of ether oxygens (including phenoxy) is 1. The molecule has 3 aromatic rings. The number of nitrogens with one attached hydrogen (secondary N) is 2. The molecule has 0 spiro atoms. The highest BCUT2D eigenvalue weighted by Crippen LogP contribution is 2.24. The third-order valence-electron chi connectivity index (χ3n) is 3.47. The number of aromatic nitrogens is 2. The second-order valence-corrected chi connectivity index (χ2v) is 5.96. The van der Waals surface area contributed by atoms with E-state index in [0.717, 1.165) is 17.1 Å². The van der Waals surface area contributed by atoms with Crippen molar-refractivity contribution in [2.45, 2.75) is 13.8 Å². The van der Waals surface area contributed by atoms with Crippen LogP contribution in [0.1, 0.15) is 12.6 Å². The first-order valence-corrected chi connectivity index (χ1v) is 8.49. The fourth-order valence-corrected chi connectivity index (χ4v) is 2.52. The number of rotatable bonds is 6. The van der Waals surface area contributed by atoms with Crippen molar-refractivity contribution < 1.29 is 9.13 Å². The topological polar surface area (TPSA) is 59.1 Å². The molecule has 2 N–H and O–H groups in total. The molecular weight excluding hydrogens is 355 g/mol. The molecule has 0 amide bonds. The molecular formula is C19H18ClFN4O. The van der Waals surface area contributed by atoms with Crippen LogP contribution in [0.25, 0.3) is 0 Å². The van der Waals surface area contributed by atoms with E-state index < -0.39 is 5.82 Å². The van der Waals surface area contributed by atoms with E-state index >= 15 is 0 Å². The Balaban J connectivity index is 1.77. The van der Waals surface area contributed by atoms with Crippen molar-refractivity contribution in [3.05, 3.63) is 65.1 Å². The Bertz CT molecular complexity index is 903. The monoisotopic (exact) mass is 372 g/mol. The van der Waals surface area contributed by atoms with Crippen LogP contribution in [0.15, 0.2) is 48.5 Å². The average Bonchev–Trinajstić information content (AvgIpc) is 2.60. The number of nitrogens with zero attached hydrogens (tertiary/aromatic N) is 2. The van der Waals surface area contributed by atoms with Gasteiger partial charge in [0.05, 0.1) is 11.6 Å². The predicted octanol–water partition coefficient (Wildman–Crippen LogP) is 5.46. The van der Waals surface area contributed by atoms with Crippen LogP contribution in [0.2, 0.25) is 5.02 Å². The Labute approximate surface area is 156 Å². The Morgan fingerprint density at radius 3 is 2.42 bits per heavy atom. The first-order valence-electron chi connectivity index (χ1n) is 8.11. The fraction of sp³-hybridized carbons (Fsp3) is 0.158. The lowest BCUT2D eigenvalue weighted by molar-refractivity contribution is 0.340. The molecule has 2 aromatic carbocycles. The van der Waals surface area contributed by atoms with Crippen molar-refractivity contribution in [2.24, 2.45) is 0 Å². The smallest absolute Gasteiger partial charge is 0.229 e. The second-order valence-electron chi connectivity index (χ2n) is 5.55. The van der Waals surface area contributed by atoms with Gasteiger partial charge in [0.25, 0.3) is 0 Å². The lowest BCUT2D eigenvalue weighted by Crippen LogP contribution is -2.02. The highest BCUT2D eigenvalue weighted by molar-refractivity contribution is 6.31. The van der Waals surface area contributed by atoms with Gasteiger partial charge in [-0.25, -0.2) is 9.37 Å². The number of hydrogen-bond acceptors (Lipinski definition) is 5. The second kappa shape index (κ2) is 8.01. The van der Waals surface area contributed by atoms with E-state index in [-0.39, 0.29) is 5.02 Å².